The SMILES string of the molecule is CN(Cc1cccc(NC(=O)COc2ccc(F)cc2)c1)C(=O)OC(C)(C)C. The van der Waals surface area contributed by atoms with Crippen LogP contribution in [-0.2, 0) is 16.1 Å². The van der Waals surface area contributed by atoms with Gasteiger partial charge in [0.15, 0.2) is 6.61 Å². The van der Waals surface area contributed by atoms with Crippen molar-refractivity contribution in [3.05, 3.63) is 59.9 Å². The van der Waals surface area contributed by atoms with E-state index in [1.807, 2.05) is 26.8 Å². The Bertz CT molecular complexity index is 816. The zero-order valence-corrected chi connectivity index (χ0v) is 16.5. The van der Waals surface area contributed by atoms with Crippen molar-refractivity contribution in [1.82, 2.24) is 4.90 Å². The molecule has 2 aromatic rings. The number of carbonyl (C=O) groups excluding carboxylic acids is 2. The van der Waals surface area contributed by atoms with Crippen molar-refractivity contribution in [2.24, 2.45) is 0 Å². The molecule has 0 atom stereocenters. The van der Waals surface area contributed by atoms with Crippen molar-refractivity contribution < 1.29 is 23.5 Å². The van der Waals surface area contributed by atoms with Gasteiger partial charge in [-0.15, -0.1) is 0 Å². The Morgan fingerprint density at radius 3 is 2.43 bits per heavy atom. The summed E-state index contributed by atoms with van der Waals surface area (Å²) in [5, 5.41) is 2.73. The van der Waals surface area contributed by atoms with Gasteiger partial charge in [-0.1, -0.05) is 12.1 Å². The number of amides is 2. The van der Waals surface area contributed by atoms with Gasteiger partial charge in [0.05, 0.1) is 0 Å². The second-order valence-corrected chi connectivity index (χ2v) is 7.33. The summed E-state index contributed by atoms with van der Waals surface area (Å²) < 4.78 is 23.5. The Hall–Kier alpha value is -3.09. The van der Waals surface area contributed by atoms with Crippen molar-refractivity contribution >= 4 is 17.7 Å². The topological polar surface area (TPSA) is 67.9 Å². The van der Waals surface area contributed by atoms with Gasteiger partial charge in [0.1, 0.15) is 17.2 Å². The van der Waals surface area contributed by atoms with E-state index in [0.29, 0.717) is 18.0 Å². The summed E-state index contributed by atoms with van der Waals surface area (Å²) in [6.45, 7) is 5.56. The third kappa shape index (κ3) is 7.26. The van der Waals surface area contributed by atoms with E-state index in [2.05, 4.69) is 5.32 Å². The number of ether oxygens (including phenoxy) is 2. The van der Waals surface area contributed by atoms with Crippen LogP contribution in [0.4, 0.5) is 14.9 Å². The molecule has 0 aliphatic carbocycles. The molecular weight excluding hydrogens is 363 g/mol. The first-order valence-corrected chi connectivity index (χ1v) is 8.84. The van der Waals surface area contributed by atoms with Crippen molar-refractivity contribution in [3.63, 3.8) is 0 Å². The number of hydrogen-bond acceptors (Lipinski definition) is 4. The van der Waals surface area contributed by atoms with Gasteiger partial charge in [-0.2, -0.15) is 0 Å². The second-order valence-electron chi connectivity index (χ2n) is 7.33. The van der Waals surface area contributed by atoms with Gasteiger partial charge in [0.25, 0.3) is 5.91 Å². The monoisotopic (exact) mass is 388 g/mol. The summed E-state index contributed by atoms with van der Waals surface area (Å²) >= 11 is 0. The fraction of sp³-hybridized carbons (Fsp3) is 0.333. The van der Waals surface area contributed by atoms with Crippen LogP contribution < -0.4 is 10.1 Å². The predicted molar refractivity (Wildman–Crippen MR) is 105 cm³/mol. The van der Waals surface area contributed by atoms with Gasteiger partial charge in [0.2, 0.25) is 0 Å². The van der Waals surface area contributed by atoms with Crippen molar-refractivity contribution in [2.45, 2.75) is 32.9 Å². The molecule has 0 fully saturated rings. The largest absolute Gasteiger partial charge is 0.484 e. The molecule has 2 amide bonds. The molecule has 0 bridgehead atoms. The minimum atomic E-state index is -0.564. The molecule has 0 saturated heterocycles. The van der Waals surface area contributed by atoms with Gasteiger partial charge in [-0.25, -0.2) is 9.18 Å². The van der Waals surface area contributed by atoms with E-state index in [0.717, 1.165) is 5.56 Å². The van der Waals surface area contributed by atoms with Crippen LogP contribution in [0.5, 0.6) is 5.75 Å². The molecule has 28 heavy (non-hydrogen) atoms. The molecule has 0 radical (unpaired) electrons. The van der Waals surface area contributed by atoms with Crippen LogP contribution in [0.3, 0.4) is 0 Å². The Morgan fingerprint density at radius 2 is 1.79 bits per heavy atom. The molecule has 0 aromatic heterocycles. The maximum atomic E-state index is 12.9. The summed E-state index contributed by atoms with van der Waals surface area (Å²) in [6, 6.07) is 12.6. The van der Waals surface area contributed by atoms with Gasteiger partial charge in [-0.05, 0) is 62.7 Å². The third-order valence-electron chi connectivity index (χ3n) is 3.52. The first kappa shape index (κ1) is 21.2. The van der Waals surface area contributed by atoms with Crippen molar-refractivity contribution in [2.75, 3.05) is 19.0 Å². The van der Waals surface area contributed by atoms with Gasteiger partial charge >= 0.3 is 6.09 Å². The molecule has 7 heteroatoms. The quantitative estimate of drug-likeness (QED) is 0.805. The average molecular weight is 388 g/mol. The molecule has 0 unspecified atom stereocenters. The van der Waals surface area contributed by atoms with E-state index >= 15 is 0 Å². The number of rotatable bonds is 6. The molecule has 0 spiro atoms. The van der Waals surface area contributed by atoms with Crippen LogP contribution in [0.25, 0.3) is 0 Å². The van der Waals surface area contributed by atoms with Gasteiger partial charge < -0.3 is 19.7 Å². The highest BCUT2D eigenvalue weighted by molar-refractivity contribution is 5.91. The van der Waals surface area contributed by atoms with Crippen LogP contribution in [0, 0.1) is 5.82 Å². The Kier molecular flexibility index (Phi) is 6.98. The fourth-order valence-corrected chi connectivity index (χ4v) is 2.30. The van der Waals surface area contributed by atoms with E-state index in [1.54, 1.807) is 25.2 Å². The molecule has 0 heterocycles. The molecule has 0 saturated carbocycles. The van der Waals surface area contributed by atoms with Crippen molar-refractivity contribution in [1.29, 1.82) is 0 Å². The van der Waals surface area contributed by atoms with Gasteiger partial charge in [0, 0.05) is 19.3 Å². The molecule has 0 aliphatic rings. The number of nitrogens with one attached hydrogen (secondary N) is 1. The average Bonchev–Trinajstić information content (AvgIpc) is 2.60. The Balaban J connectivity index is 1.88. The van der Waals surface area contributed by atoms with Crippen LogP contribution >= 0.6 is 0 Å². The fourth-order valence-electron chi connectivity index (χ4n) is 2.30. The highest BCUT2D eigenvalue weighted by atomic mass is 19.1. The molecule has 2 rings (SSSR count). The van der Waals surface area contributed by atoms with Gasteiger partial charge in [-0.3, -0.25) is 4.79 Å². The van der Waals surface area contributed by atoms with Crippen molar-refractivity contribution in [3.8, 4) is 5.75 Å². The molecule has 2 aromatic carbocycles. The van der Waals surface area contributed by atoms with E-state index in [9.17, 15) is 14.0 Å². The number of nitrogens with zero attached hydrogens (tertiary/aromatic N) is 1. The van der Waals surface area contributed by atoms with E-state index in [4.69, 9.17) is 9.47 Å². The number of hydrogen-bond donors (Lipinski definition) is 1. The first-order chi connectivity index (χ1) is 13.1. The lowest BCUT2D eigenvalue weighted by molar-refractivity contribution is -0.118. The third-order valence-corrected chi connectivity index (χ3v) is 3.52. The zero-order valence-electron chi connectivity index (χ0n) is 16.5. The highest BCUT2D eigenvalue weighted by Gasteiger charge is 2.19. The minimum absolute atomic E-state index is 0.201. The molecular formula is C21H25FN2O4. The number of carbonyl (C=O) groups is 2. The second kappa shape index (κ2) is 9.21. The van der Waals surface area contributed by atoms with Crippen LogP contribution in [0.2, 0.25) is 0 Å². The molecule has 150 valence electrons. The normalized spacial score (nSPS) is 10.9. The molecule has 0 aliphatic heterocycles. The Labute approximate surface area is 164 Å². The lowest BCUT2D eigenvalue weighted by Crippen LogP contribution is -2.33. The van der Waals surface area contributed by atoms with E-state index in [-0.39, 0.29) is 18.3 Å². The lowest BCUT2D eigenvalue weighted by atomic mass is 10.2. The maximum absolute atomic E-state index is 12.9. The van der Waals surface area contributed by atoms with E-state index in [1.165, 1.54) is 29.2 Å². The summed E-state index contributed by atoms with van der Waals surface area (Å²) in [7, 11) is 1.65. The number of anilines is 1. The summed E-state index contributed by atoms with van der Waals surface area (Å²) in [5.74, 6) is -0.309. The summed E-state index contributed by atoms with van der Waals surface area (Å²) in [4.78, 5) is 25.6. The summed E-state index contributed by atoms with van der Waals surface area (Å²) in [5.41, 5.74) is 0.861. The van der Waals surface area contributed by atoms with E-state index < -0.39 is 11.7 Å². The van der Waals surface area contributed by atoms with Crippen LogP contribution in [0.1, 0.15) is 26.3 Å². The van der Waals surface area contributed by atoms with Crippen LogP contribution in [0.15, 0.2) is 48.5 Å². The molecule has 1 N–H and O–H groups in total. The highest BCUT2D eigenvalue weighted by Crippen LogP contribution is 2.15. The van der Waals surface area contributed by atoms with Crippen LogP contribution in [-0.4, -0.2) is 36.2 Å². The number of benzene rings is 2. The minimum Gasteiger partial charge on any atom is -0.484 e. The smallest absolute Gasteiger partial charge is 0.410 e. The summed E-state index contributed by atoms with van der Waals surface area (Å²) in [6.07, 6.45) is -0.422. The Morgan fingerprint density at radius 1 is 1.11 bits per heavy atom. The lowest BCUT2D eigenvalue weighted by Gasteiger charge is -2.24. The predicted octanol–water partition coefficient (Wildman–Crippen LogP) is 4.21. The zero-order chi connectivity index (χ0) is 20.7. The standard InChI is InChI=1S/C21H25FN2O4/c1-21(2,3)28-20(26)24(4)13-15-6-5-7-17(12-15)23-19(25)14-27-18-10-8-16(22)9-11-18/h5-12H,13-14H2,1-4H3,(H,23,25). The maximum Gasteiger partial charge on any atom is 0.410 e. The molecule has 6 nitrogen and oxygen atoms in total. The number of halogens is 1. The first-order valence-electron chi connectivity index (χ1n) is 8.84.